The van der Waals surface area contributed by atoms with Crippen molar-refractivity contribution in [3.63, 3.8) is 0 Å². The highest BCUT2D eigenvalue weighted by Gasteiger charge is 1.88. The van der Waals surface area contributed by atoms with Gasteiger partial charge in [0, 0.05) is 12.2 Å². The van der Waals surface area contributed by atoms with Crippen LogP contribution in [-0.4, -0.2) is 6.54 Å². The monoisotopic (exact) mass is 126 g/mol. The van der Waals surface area contributed by atoms with E-state index in [0.717, 1.165) is 18.7 Å². The van der Waals surface area contributed by atoms with Gasteiger partial charge in [-0.15, -0.1) is 0 Å². The highest BCUT2D eigenvalue weighted by atomic mass is 14.9. The van der Waals surface area contributed by atoms with E-state index >= 15 is 0 Å². The summed E-state index contributed by atoms with van der Waals surface area (Å²) in [7, 11) is 0. The standard InChI is InChI=1S/C8H16N/c1-4-6-7-8(3)9-5-2/h3,9H,4-7H2,1-2H3. The summed E-state index contributed by atoms with van der Waals surface area (Å²) in [4.78, 5) is 0. The van der Waals surface area contributed by atoms with Gasteiger partial charge in [-0.1, -0.05) is 13.3 Å². The van der Waals surface area contributed by atoms with E-state index in [4.69, 9.17) is 6.58 Å². The maximum atomic E-state index is 5.58. The lowest BCUT2D eigenvalue weighted by atomic mass is 10.2. The fraction of sp³-hybridized carbons (Fsp3) is 0.750. The first kappa shape index (κ1) is 8.54. The molecule has 1 radical (unpaired) electrons. The molecule has 9 heavy (non-hydrogen) atoms. The van der Waals surface area contributed by atoms with Gasteiger partial charge < -0.3 is 5.32 Å². The first-order valence-corrected chi connectivity index (χ1v) is 3.66. The molecule has 0 saturated carbocycles. The van der Waals surface area contributed by atoms with E-state index in [0.29, 0.717) is 0 Å². The first-order valence-electron chi connectivity index (χ1n) is 3.66. The topological polar surface area (TPSA) is 12.0 Å². The van der Waals surface area contributed by atoms with Gasteiger partial charge in [0.05, 0.1) is 0 Å². The zero-order valence-electron chi connectivity index (χ0n) is 6.41. The number of rotatable bonds is 5. The molecule has 0 aromatic carbocycles. The molecule has 1 N–H and O–H groups in total. The molecular weight excluding hydrogens is 110 g/mol. The Morgan fingerprint density at radius 2 is 2.11 bits per heavy atom. The van der Waals surface area contributed by atoms with Crippen LogP contribution < -0.4 is 5.32 Å². The van der Waals surface area contributed by atoms with Crippen LogP contribution in [0.25, 0.3) is 0 Å². The lowest BCUT2D eigenvalue weighted by Gasteiger charge is -2.03. The Kier molecular flexibility index (Phi) is 5.38. The molecule has 0 heterocycles. The quantitative estimate of drug-likeness (QED) is 0.595. The summed E-state index contributed by atoms with van der Waals surface area (Å²) in [6.07, 6.45) is 3.43. The highest BCUT2D eigenvalue weighted by Crippen LogP contribution is 1.99. The molecule has 0 fully saturated rings. The third-order valence-corrected chi connectivity index (χ3v) is 1.20. The summed E-state index contributed by atoms with van der Waals surface area (Å²) in [6, 6.07) is 0. The van der Waals surface area contributed by atoms with Gasteiger partial charge in [-0.25, -0.2) is 0 Å². The number of hydrogen-bond acceptors (Lipinski definition) is 1. The largest absolute Gasteiger partial charge is 0.389 e. The average molecular weight is 126 g/mol. The molecule has 0 spiro atoms. The minimum absolute atomic E-state index is 0.930. The summed E-state index contributed by atoms with van der Waals surface area (Å²) in [5.41, 5.74) is 0.930. The maximum Gasteiger partial charge on any atom is 0.0115 e. The third kappa shape index (κ3) is 5.41. The van der Waals surface area contributed by atoms with Gasteiger partial charge in [-0.3, -0.25) is 0 Å². The molecule has 0 amide bonds. The Labute approximate surface area is 58.2 Å². The Balaban J connectivity index is 3.06. The van der Waals surface area contributed by atoms with Gasteiger partial charge in [0.1, 0.15) is 0 Å². The molecule has 53 valence electrons. The molecule has 0 unspecified atom stereocenters. The van der Waals surface area contributed by atoms with Crippen LogP contribution in [-0.2, 0) is 0 Å². The van der Waals surface area contributed by atoms with E-state index in [1.165, 1.54) is 12.8 Å². The zero-order valence-corrected chi connectivity index (χ0v) is 6.41. The fourth-order valence-electron chi connectivity index (χ4n) is 0.683. The van der Waals surface area contributed by atoms with Crippen LogP contribution >= 0.6 is 0 Å². The second-order valence-electron chi connectivity index (χ2n) is 2.16. The Hall–Kier alpha value is -0.460. The normalized spacial score (nSPS) is 9.11. The van der Waals surface area contributed by atoms with Crippen LogP contribution in [0.5, 0.6) is 0 Å². The minimum atomic E-state index is 0.930. The summed E-state index contributed by atoms with van der Waals surface area (Å²) in [6.45, 7) is 10.7. The Morgan fingerprint density at radius 3 is 2.56 bits per heavy atom. The van der Waals surface area contributed by atoms with Gasteiger partial charge in [0.15, 0.2) is 0 Å². The Bertz CT molecular complexity index is 76.6. The smallest absolute Gasteiger partial charge is 0.0115 e. The van der Waals surface area contributed by atoms with Gasteiger partial charge in [0.2, 0.25) is 0 Å². The number of allylic oxidation sites excluding steroid dienone is 1. The number of unbranched alkanes of at least 4 members (excludes halogenated alkanes) is 1. The molecule has 1 nitrogen and oxygen atoms in total. The predicted molar refractivity (Wildman–Crippen MR) is 41.0 cm³/mol. The second-order valence-corrected chi connectivity index (χ2v) is 2.16. The summed E-state index contributed by atoms with van der Waals surface area (Å²) >= 11 is 0. The van der Waals surface area contributed by atoms with Crippen molar-refractivity contribution < 1.29 is 0 Å². The van der Waals surface area contributed by atoms with Crippen molar-refractivity contribution in [1.29, 1.82) is 0 Å². The highest BCUT2D eigenvalue weighted by molar-refractivity contribution is 4.86. The maximum absolute atomic E-state index is 5.58. The molecule has 0 aliphatic carbocycles. The molecule has 0 saturated heterocycles. The minimum Gasteiger partial charge on any atom is -0.389 e. The Morgan fingerprint density at radius 1 is 1.44 bits per heavy atom. The predicted octanol–water partition coefficient (Wildman–Crippen LogP) is 2.10. The van der Waals surface area contributed by atoms with Gasteiger partial charge >= 0.3 is 0 Å². The molecule has 0 aromatic rings. The van der Waals surface area contributed by atoms with Crippen LogP contribution in [0.2, 0.25) is 0 Å². The SMILES string of the molecule is [CH]=C(CCCC)NCC. The molecule has 0 aromatic heterocycles. The first-order chi connectivity index (χ1) is 4.31. The van der Waals surface area contributed by atoms with Crippen molar-refractivity contribution in [2.75, 3.05) is 6.54 Å². The lowest BCUT2D eigenvalue weighted by molar-refractivity contribution is 0.717. The molecule has 0 rings (SSSR count). The molecule has 1 heteroatoms. The second kappa shape index (κ2) is 5.67. The summed E-state index contributed by atoms with van der Waals surface area (Å²) < 4.78 is 0. The van der Waals surface area contributed by atoms with Gasteiger partial charge in [0.25, 0.3) is 0 Å². The van der Waals surface area contributed by atoms with E-state index in [9.17, 15) is 0 Å². The average Bonchev–Trinajstić information content (AvgIpc) is 1.85. The van der Waals surface area contributed by atoms with Crippen molar-refractivity contribution in [2.24, 2.45) is 0 Å². The van der Waals surface area contributed by atoms with Crippen molar-refractivity contribution in [3.05, 3.63) is 12.3 Å². The van der Waals surface area contributed by atoms with E-state index in [1.54, 1.807) is 0 Å². The number of hydrogen-bond donors (Lipinski definition) is 1. The van der Waals surface area contributed by atoms with Crippen LogP contribution in [0, 0.1) is 6.58 Å². The van der Waals surface area contributed by atoms with Crippen LogP contribution in [0.4, 0.5) is 0 Å². The summed E-state index contributed by atoms with van der Waals surface area (Å²) in [5.74, 6) is 0. The van der Waals surface area contributed by atoms with Crippen molar-refractivity contribution in [3.8, 4) is 0 Å². The molecule has 0 aliphatic heterocycles. The molecule has 0 atom stereocenters. The van der Waals surface area contributed by atoms with Crippen LogP contribution in [0.3, 0.4) is 0 Å². The van der Waals surface area contributed by atoms with Crippen molar-refractivity contribution in [2.45, 2.75) is 33.1 Å². The van der Waals surface area contributed by atoms with Gasteiger partial charge in [-0.05, 0) is 26.3 Å². The van der Waals surface area contributed by atoms with E-state index in [1.807, 2.05) is 0 Å². The number of nitrogens with one attached hydrogen (secondary N) is 1. The van der Waals surface area contributed by atoms with Gasteiger partial charge in [-0.2, -0.15) is 0 Å². The third-order valence-electron chi connectivity index (χ3n) is 1.20. The lowest BCUT2D eigenvalue weighted by Crippen LogP contribution is -2.10. The van der Waals surface area contributed by atoms with E-state index in [2.05, 4.69) is 19.2 Å². The van der Waals surface area contributed by atoms with Crippen molar-refractivity contribution >= 4 is 0 Å². The zero-order chi connectivity index (χ0) is 7.11. The van der Waals surface area contributed by atoms with E-state index in [-0.39, 0.29) is 0 Å². The van der Waals surface area contributed by atoms with Crippen LogP contribution in [0.15, 0.2) is 5.70 Å². The molecule has 0 bridgehead atoms. The molecule has 0 aliphatic rings. The fourth-order valence-corrected chi connectivity index (χ4v) is 0.683. The van der Waals surface area contributed by atoms with E-state index < -0.39 is 0 Å². The molecular formula is C8H16N. The summed E-state index contributed by atoms with van der Waals surface area (Å²) in [5, 5.41) is 3.07. The van der Waals surface area contributed by atoms with Crippen molar-refractivity contribution in [1.82, 2.24) is 5.32 Å². The van der Waals surface area contributed by atoms with Crippen LogP contribution in [0.1, 0.15) is 33.1 Å².